The highest BCUT2D eigenvalue weighted by molar-refractivity contribution is 7.07. The van der Waals surface area contributed by atoms with Gasteiger partial charge >= 0.3 is 5.69 Å². The number of aromatic nitrogens is 1. The van der Waals surface area contributed by atoms with Crippen LogP contribution < -0.4 is 5.32 Å². The summed E-state index contributed by atoms with van der Waals surface area (Å²) in [7, 11) is 0. The molecule has 0 bridgehead atoms. The van der Waals surface area contributed by atoms with Crippen molar-refractivity contribution >= 4 is 22.8 Å². The van der Waals surface area contributed by atoms with Gasteiger partial charge in [-0.25, -0.2) is 4.98 Å². The van der Waals surface area contributed by atoms with Gasteiger partial charge in [0.05, 0.1) is 4.92 Å². The number of nitrogens with zero attached hydrogens (tertiary/aromatic N) is 2. The molecular formula is C13H15N3O2S. The topological polar surface area (TPSA) is 68.1 Å². The van der Waals surface area contributed by atoms with Crippen LogP contribution in [0, 0.1) is 17.0 Å². The van der Waals surface area contributed by atoms with Gasteiger partial charge < -0.3 is 5.32 Å². The van der Waals surface area contributed by atoms with Gasteiger partial charge in [0.1, 0.15) is 0 Å². The number of nitrogens with one attached hydrogen (secondary N) is 1. The van der Waals surface area contributed by atoms with Gasteiger partial charge in [-0.3, -0.25) is 10.1 Å². The molecular weight excluding hydrogens is 262 g/mol. The molecule has 0 aliphatic heterocycles. The minimum atomic E-state index is -0.403. The number of thiophene rings is 1. The SMILES string of the molecule is Cc1cnc(NC(C)Cc2ccsc2)c([N+](=O)[O-])c1. The summed E-state index contributed by atoms with van der Waals surface area (Å²) in [5, 5.41) is 18.2. The first-order valence-electron chi connectivity index (χ1n) is 5.95. The van der Waals surface area contributed by atoms with Crippen molar-refractivity contribution in [3.05, 3.63) is 50.3 Å². The molecule has 2 rings (SSSR count). The molecule has 0 aliphatic carbocycles. The molecule has 0 amide bonds. The number of hydrogen-bond donors (Lipinski definition) is 1. The van der Waals surface area contributed by atoms with E-state index < -0.39 is 4.92 Å². The molecule has 5 nitrogen and oxygen atoms in total. The summed E-state index contributed by atoms with van der Waals surface area (Å²) in [5.74, 6) is 0.332. The Hall–Kier alpha value is -1.95. The fraction of sp³-hybridized carbons (Fsp3) is 0.308. The third-order valence-electron chi connectivity index (χ3n) is 2.71. The van der Waals surface area contributed by atoms with Crippen LogP contribution >= 0.6 is 11.3 Å². The number of aryl methyl sites for hydroxylation is 1. The van der Waals surface area contributed by atoms with Crippen molar-refractivity contribution < 1.29 is 4.92 Å². The first kappa shape index (κ1) is 13.5. The van der Waals surface area contributed by atoms with Gasteiger partial charge in [0, 0.05) is 18.3 Å². The van der Waals surface area contributed by atoms with Crippen LogP contribution in [0.1, 0.15) is 18.1 Å². The smallest absolute Gasteiger partial charge is 0.311 e. The highest BCUT2D eigenvalue weighted by Crippen LogP contribution is 2.23. The lowest BCUT2D eigenvalue weighted by molar-refractivity contribution is -0.384. The van der Waals surface area contributed by atoms with Crippen molar-refractivity contribution in [1.29, 1.82) is 0 Å². The lowest BCUT2D eigenvalue weighted by Crippen LogP contribution is -2.19. The Bertz CT molecular complexity index is 569. The molecule has 0 saturated carbocycles. The highest BCUT2D eigenvalue weighted by Gasteiger charge is 2.17. The summed E-state index contributed by atoms with van der Waals surface area (Å²) < 4.78 is 0. The van der Waals surface area contributed by atoms with Crippen LogP contribution in [-0.4, -0.2) is 15.9 Å². The maximum Gasteiger partial charge on any atom is 0.311 e. The van der Waals surface area contributed by atoms with Crippen LogP contribution in [-0.2, 0) is 6.42 Å². The second-order valence-corrected chi connectivity index (χ2v) is 5.30. The van der Waals surface area contributed by atoms with E-state index in [2.05, 4.69) is 21.7 Å². The van der Waals surface area contributed by atoms with Crippen molar-refractivity contribution in [2.45, 2.75) is 26.3 Å². The zero-order chi connectivity index (χ0) is 13.8. The first-order valence-corrected chi connectivity index (χ1v) is 6.89. The molecule has 1 N–H and O–H groups in total. The Morgan fingerprint density at radius 2 is 2.37 bits per heavy atom. The summed E-state index contributed by atoms with van der Waals surface area (Å²) in [6.45, 7) is 3.78. The van der Waals surface area contributed by atoms with Gasteiger partial charge in [-0.05, 0) is 48.2 Å². The molecule has 0 fully saturated rings. The summed E-state index contributed by atoms with van der Waals surface area (Å²) in [5.41, 5.74) is 2.03. The van der Waals surface area contributed by atoms with E-state index in [-0.39, 0.29) is 11.7 Å². The van der Waals surface area contributed by atoms with Gasteiger partial charge in [0.15, 0.2) is 0 Å². The lowest BCUT2D eigenvalue weighted by atomic mass is 10.1. The third kappa shape index (κ3) is 3.51. The zero-order valence-electron chi connectivity index (χ0n) is 10.8. The van der Waals surface area contributed by atoms with Crippen molar-refractivity contribution in [1.82, 2.24) is 4.98 Å². The molecule has 2 aromatic rings. The van der Waals surface area contributed by atoms with Crippen molar-refractivity contribution in [3.63, 3.8) is 0 Å². The number of rotatable bonds is 5. The van der Waals surface area contributed by atoms with Gasteiger partial charge in [-0.2, -0.15) is 11.3 Å². The molecule has 6 heteroatoms. The maximum atomic E-state index is 11.0. The minimum Gasteiger partial charge on any atom is -0.362 e. The van der Waals surface area contributed by atoms with Gasteiger partial charge in [0.25, 0.3) is 0 Å². The molecule has 1 unspecified atom stereocenters. The monoisotopic (exact) mass is 277 g/mol. The van der Waals surface area contributed by atoms with Crippen molar-refractivity contribution in [2.24, 2.45) is 0 Å². The average molecular weight is 277 g/mol. The molecule has 0 radical (unpaired) electrons. The van der Waals surface area contributed by atoms with Crippen LogP contribution in [0.2, 0.25) is 0 Å². The van der Waals surface area contributed by atoms with Crippen LogP contribution in [0.4, 0.5) is 11.5 Å². The Balaban J connectivity index is 2.12. The number of anilines is 1. The molecule has 19 heavy (non-hydrogen) atoms. The minimum absolute atomic E-state index is 0.0252. The Morgan fingerprint density at radius 1 is 1.58 bits per heavy atom. The number of nitro groups is 1. The Morgan fingerprint density at radius 3 is 3.00 bits per heavy atom. The molecule has 0 spiro atoms. The van der Waals surface area contributed by atoms with Crippen LogP contribution in [0.25, 0.3) is 0 Å². The third-order valence-corrected chi connectivity index (χ3v) is 3.44. The van der Waals surface area contributed by atoms with E-state index in [1.165, 1.54) is 11.6 Å². The Kier molecular flexibility index (Phi) is 4.11. The van der Waals surface area contributed by atoms with Crippen LogP contribution in [0.15, 0.2) is 29.1 Å². The normalized spacial score (nSPS) is 12.1. The molecule has 0 aliphatic rings. The van der Waals surface area contributed by atoms with Crippen LogP contribution in [0.5, 0.6) is 0 Å². The quantitative estimate of drug-likeness (QED) is 0.671. The van der Waals surface area contributed by atoms with E-state index in [1.54, 1.807) is 24.5 Å². The summed E-state index contributed by atoms with van der Waals surface area (Å²) >= 11 is 1.65. The summed E-state index contributed by atoms with van der Waals surface area (Å²) in [4.78, 5) is 14.7. The predicted octanol–water partition coefficient (Wildman–Crippen LogP) is 3.40. The Labute approximate surface area is 115 Å². The van der Waals surface area contributed by atoms with Crippen molar-refractivity contribution in [3.8, 4) is 0 Å². The molecule has 1 atom stereocenters. The first-order chi connectivity index (χ1) is 9.06. The fourth-order valence-electron chi connectivity index (χ4n) is 1.85. The van der Waals surface area contributed by atoms with Gasteiger partial charge in [0.2, 0.25) is 5.82 Å². The second kappa shape index (κ2) is 5.79. The van der Waals surface area contributed by atoms with Crippen LogP contribution in [0.3, 0.4) is 0 Å². The molecule has 100 valence electrons. The maximum absolute atomic E-state index is 11.0. The lowest BCUT2D eigenvalue weighted by Gasteiger charge is -2.13. The van der Waals surface area contributed by atoms with E-state index in [0.717, 1.165) is 12.0 Å². The van der Waals surface area contributed by atoms with Crippen molar-refractivity contribution in [2.75, 3.05) is 5.32 Å². The predicted molar refractivity (Wildman–Crippen MR) is 76.7 cm³/mol. The molecule has 0 aromatic carbocycles. The van der Waals surface area contributed by atoms with E-state index in [0.29, 0.717) is 5.82 Å². The zero-order valence-corrected chi connectivity index (χ0v) is 11.6. The van der Waals surface area contributed by atoms with E-state index in [9.17, 15) is 10.1 Å². The summed E-state index contributed by atoms with van der Waals surface area (Å²) in [6.07, 6.45) is 2.45. The summed E-state index contributed by atoms with van der Waals surface area (Å²) in [6, 6.07) is 3.68. The van der Waals surface area contributed by atoms with Gasteiger partial charge in [-0.15, -0.1) is 0 Å². The largest absolute Gasteiger partial charge is 0.362 e. The molecule has 2 heterocycles. The number of pyridine rings is 1. The standard InChI is InChI=1S/C13H15N3O2S/c1-9-5-12(16(17)18)13(14-7-9)15-10(2)6-11-3-4-19-8-11/h3-5,7-8,10H,6H2,1-2H3,(H,14,15). The van der Waals surface area contributed by atoms with E-state index in [4.69, 9.17) is 0 Å². The fourth-order valence-corrected chi connectivity index (χ4v) is 2.53. The average Bonchev–Trinajstić information content (AvgIpc) is 2.83. The van der Waals surface area contributed by atoms with E-state index >= 15 is 0 Å². The number of hydrogen-bond acceptors (Lipinski definition) is 5. The second-order valence-electron chi connectivity index (χ2n) is 4.52. The molecule has 2 aromatic heterocycles. The molecule has 0 saturated heterocycles. The van der Waals surface area contributed by atoms with E-state index in [1.807, 2.05) is 12.3 Å². The van der Waals surface area contributed by atoms with Gasteiger partial charge in [-0.1, -0.05) is 0 Å². The highest BCUT2D eigenvalue weighted by atomic mass is 32.1.